The standard InChI is InChI=1S/C10H17N3O/c1-7(8(2)14-4)12-10-5-6-11-9(3)13-10/h5-8H,1-4H3,(H,11,12,13)/t7-,8?/m0/s1. The second-order valence-corrected chi connectivity index (χ2v) is 3.36. The fourth-order valence-electron chi connectivity index (χ4n) is 1.09. The number of nitrogens with one attached hydrogen (secondary N) is 1. The van der Waals surface area contributed by atoms with Gasteiger partial charge in [0.05, 0.1) is 12.1 Å². The number of nitrogens with zero attached hydrogens (tertiary/aromatic N) is 2. The topological polar surface area (TPSA) is 47.0 Å². The number of hydrogen-bond donors (Lipinski definition) is 1. The molecular weight excluding hydrogens is 178 g/mol. The van der Waals surface area contributed by atoms with Crippen LogP contribution in [0.25, 0.3) is 0 Å². The average molecular weight is 195 g/mol. The Bertz CT molecular complexity index is 290. The Labute approximate surface area is 84.7 Å². The SMILES string of the molecule is COC(C)[C@H](C)Nc1ccnc(C)n1. The van der Waals surface area contributed by atoms with Crippen molar-refractivity contribution in [1.29, 1.82) is 0 Å². The van der Waals surface area contributed by atoms with Gasteiger partial charge in [-0.1, -0.05) is 0 Å². The van der Waals surface area contributed by atoms with E-state index in [1.165, 1.54) is 0 Å². The van der Waals surface area contributed by atoms with Crippen LogP contribution in [0.4, 0.5) is 5.82 Å². The van der Waals surface area contributed by atoms with Gasteiger partial charge in [0.1, 0.15) is 11.6 Å². The second-order valence-electron chi connectivity index (χ2n) is 3.36. The minimum absolute atomic E-state index is 0.158. The van der Waals surface area contributed by atoms with Crippen LogP contribution in [0.15, 0.2) is 12.3 Å². The molecule has 0 saturated carbocycles. The summed E-state index contributed by atoms with van der Waals surface area (Å²) < 4.78 is 5.21. The van der Waals surface area contributed by atoms with E-state index in [2.05, 4.69) is 22.2 Å². The van der Waals surface area contributed by atoms with Crippen LogP contribution in [0.3, 0.4) is 0 Å². The van der Waals surface area contributed by atoms with Gasteiger partial charge in [-0.15, -0.1) is 0 Å². The van der Waals surface area contributed by atoms with Crippen LogP contribution in [0.1, 0.15) is 19.7 Å². The third kappa shape index (κ3) is 2.96. The molecule has 0 radical (unpaired) electrons. The molecule has 0 fully saturated rings. The molecule has 1 aromatic rings. The molecule has 1 aromatic heterocycles. The van der Waals surface area contributed by atoms with Crippen molar-refractivity contribution in [3.8, 4) is 0 Å². The van der Waals surface area contributed by atoms with Gasteiger partial charge in [-0.05, 0) is 26.8 Å². The summed E-state index contributed by atoms with van der Waals surface area (Å²) in [6, 6.07) is 2.08. The molecule has 4 heteroatoms. The smallest absolute Gasteiger partial charge is 0.129 e. The number of anilines is 1. The zero-order valence-electron chi connectivity index (χ0n) is 9.11. The van der Waals surface area contributed by atoms with Crippen molar-refractivity contribution in [1.82, 2.24) is 9.97 Å². The van der Waals surface area contributed by atoms with Crippen molar-refractivity contribution in [2.75, 3.05) is 12.4 Å². The monoisotopic (exact) mass is 195 g/mol. The fourth-order valence-corrected chi connectivity index (χ4v) is 1.09. The number of aromatic nitrogens is 2. The number of hydrogen-bond acceptors (Lipinski definition) is 4. The van der Waals surface area contributed by atoms with E-state index in [1.54, 1.807) is 13.3 Å². The molecular formula is C10H17N3O. The predicted molar refractivity (Wildman–Crippen MR) is 56.3 cm³/mol. The van der Waals surface area contributed by atoms with E-state index in [4.69, 9.17) is 4.74 Å². The van der Waals surface area contributed by atoms with Crippen LogP contribution in [0, 0.1) is 6.92 Å². The molecule has 0 aromatic carbocycles. The molecule has 2 atom stereocenters. The third-order valence-electron chi connectivity index (χ3n) is 2.23. The van der Waals surface area contributed by atoms with Crippen LogP contribution < -0.4 is 5.32 Å². The number of methoxy groups -OCH3 is 1. The molecule has 14 heavy (non-hydrogen) atoms. The summed E-state index contributed by atoms with van der Waals surface area (Å²) in [5.74, 6) is 1.61. The lowest BCUT2D eigenvalue weighted by Crippen LogP contribution is -2.30. The Balaban J connectivity index is 2.60. The van der Waals surface area contributed by atoms with Gasteiger partial charge in [-0.3, -0.25) is 0 Å². The van der Waals surface area contributed by atoms with Crippen molar-refractivity contribution < 1.29 is 4.74 Å². The predicted octanol–water partition coefficient (Wildman–Crippen LogP) is 1.62. The van der Waals surface area contributed by atoms with E-state index in [0.717, 1.165) is 11.6 Å². The van der Waals surface area contributed by atoms with E-state index >= 15 is 0 Å². The zero-order chi connectivity index (χ0) is 10.6. The van der Waals surface area contributed by atoms with Crippen molar-refractivity contribution >= 4 is 5.82 Å². The number of aryl methyl sites for hydroxylation is 1. The highest BCUT2D eigenvalue weighted by molar-refractivity contribution is 5.34. The van der Waals surface area contributed by atoms with Crippen molar-refractivity contribution in [2.45, 2.75) is 32.9 Å². The molecule has 0 amide bonds. The highest BCUT2D eigenvalue weighted by atomic mass is 16.5. The van der Waals surface area contributed by atoms with Gasteiger partial charge < -0.3 is 10.1 Å². The van der Waals surface area contributed by atoms with E-state index in [1.807, 2.05) is 19.9 Å². The number of ether oxygens (including phenoxy) is 1. The maximum Gasteiger partial charge on any atom is 0.129 e. The van der Waals surface area contributed by atoms with Crippen LogP contribution in [0.5, 0.6) is 0 Å². The summed E-state index contributed by atoms with van der Waals surface area (Å²) in [4.78, 5) is 8.28. The summed E-state index contributed by atoms with van der Waals surface area (Å²) in [6.45, 7) is 5.95. The number of rotatable bonds is 4. The molecule has 0 aliphatic heterocycles. The maximum atomic E-state index is 5.21. The molecule has 0 aliphatic rings. The first-order valence-electron chi connectivity index (χ1n) is 4.72. The van der Waals surface area contributed by atoms with E-state index in [9.17, 15) is 0 Å². The first-order chi connectivity index (χ1) is 6.63. The highest BCUT2D eigenvalue weighted by Gasteiger charge is 2.10. The molecule has 0 spiro atoms. The van der Waals surface area contributed by atoms with Crippen molar-refractivity contribution in [2.24, 2.45) is 0 Å². The third-order valence-corrected chi connectivity index (χ3v) is 2.23. The first kappa shape index (κ1) is 10.9. The highest BCUT2D eigenvalue weighted by Crippen LogP contribution is 2.07. The summed E-state index contributed by atoms with van der Waals surface area (Å²) in [5.41, 5.74) is 0. The normalized spacial score (nSPS) is 14.9. The lowest BCUT2D eigenvalue weighted by molar-refractivity contribution is 0.106. The Morgan fingerprint density at radius 2 is 2.14 bits per heavy atom. The van der Waals surface area contributed by atoms with Crippen LogP contribution >= 0.6 is 0 Å². The van der Waals surface area contributed by atoms with Gasteiger partial charge in [-0.2, -0.15) is 0 Å². The van der Waals surface area contributed by atoms with Gasteiger partial charge >= 0.3 is 0 Å². The molecule has 1 N–H and O–H groups in total. The second kappa shape index (κ2) is 4.91. The van der Waals surface area contributed by atoms with E-state index < -0.39 is 0 Å². The molecule has 1 rings (SSSR count). The van der Waals surface area contributed by atoms with Crippen LogP contribution in [0.2, 0.25) is 0 Å². The van der Waals surface area contributed by atoms with Gasteiger partial charge in [0.25, 0.3) is 0 Å². The largest absolute Gasteiger partial charge is 0.380 e. The summed E-state index contributed by atoms with van der Waals surface area (Å²) >= 11 is 0. The zero-order valence-corrected chi connectivity index (χ0v) is 9.11. The van der Waals surface area contributed by atoms with E-state index in [0.29, 0.717) is 0 Å². The van der Waals surface area contributed by atoms with Crippen LogP contribution in [-0.2, 0) is 4.74 Å². The molecule has 78 valence electrons. The van der Waals surface area contributed by atoms with Gasteiger partial charge in [0, 0.05) is 13.3 Å². The summed E-state index contributed by atoms with van der Waals surface area (Å²) in [5, 5.41) is 3.26. The van der Waals surface area contributed by atoms with Gasteiger partial charge in [0.15, 0.2) is 0 Å². The lowest BCUT2D eigenvalue weighted by Gasteiger charge is -2.20. The minimum Gasteiger partial charge on any atom is -0.380 e. The molecule has 0 saturated heterocycles. The Kier molecular flexibility index (Phi) is 3.83. The summed E-state index contributed by atoms with van der Waals surface area (Å²) in [7, 11) is 1.70. The van der Waals surface area contributed by atoms with Crippen molar-refractivity contribution in [3.05, 3.63) is 18.1 Å². The molecule has 4 nitrogen and oxygen atoms in total. The molecule has 0 aliphatic carbocycles. The Hall–Kier alpha value is -1.16. The quantitative estimate of drug-likeness (QED) is 0.793. The Morgan fingerprint density at radius 3 is 2.71 bits per heavy atom. The molecule has 1 heterocycles. The van der Waals surface area contributed by atoms with Gasteiger partial charge in [0.2, 0.25) is 0 Å². The average Bonchev–Trinajstić information content (AvgIpc) is 2.16. The fraction of sp³-hybridized carbons (Fsp3) is 0.600. The molecule has 0 bridgehead atoms. The summed E-state index contributed by atoms with van der Waals surface area (Å²) in [6.07, 6.45) is 1.90. The minimum atomic E-state index is 0.158. The van der Waals surface area contributed by atoms with Gasteiger partial charge in [-0.25, -0.2) is 9.97 Å². The lowest BCUT2D eigenvalue weighted by atomic mass is 10.2. The molecule has 1 unspecified atom stereocenters. The Morgan fingerprint density at radius 1 is 1.43 bits per heavy atom. The first-order valence-corrected chi connectivity index (χ1v) is 4.72. The van der Waals surface area contributed by atoms with Crippen LogP contribution in [-0.4, -0.2) is 29.2 Å². The maximum absolute atomic E-state index is 5.21. The van der Waals surface area contributed by atoms with E-state index in [-0.39, 0.29) is 12.1 Å². The van der Waals surface area contributed by atoms with Crippen molar-refractivity contribution in [3.63, 3.8) is 0 Å².